The summed E-state index contributed by atoms with van der Waals surface area (Å²) >= 11 is 0. The van der Waals surface area contributed by atoms with Crippen LogP contribution < -0.4 is 14.8 Å². The first-order valence-corrected chi connectivity index (χ1v) is 6.85. The van der Waals surface area contributed by atoms with E-state index in [1.165, 1.54) is 0 Å². The van der Waals surface area contributed by atoms with Crippen LogP contribution in [0.3, 0.4) is 0 Å². The zero-order valence-corrected chi connectivity index (χ0v) is 12.6. The van der Waals surface area contributed by atoms with Crippen LogP contribution in [0.15, 0.2) is 42.5 Å². The van der Waals surface area contributed by atoms with Gasteiger partial charge in [0, 0.05) is 12.1 Å². The molecule has 112 valence electrons. The molecule has 0 bridgehead atoms. The Morgan fingerprint density at radius 2 is 1.76 bits per heavy atom. The van der Waals surface area contributed by atoms with E-state index in [0.29, 0.717) is 12.3 Å². The largest absolute Gasteiger partial charge is 0.496 e. The van der Waals surface area contributed by atoms with Gasteiger partial charge in [0.2, 0.25) is 0 Å². The van der Waals surface area contributed by atoms with E-state index >= 15 is 0 Å². The highest BCUT2D eigenvalue weighted by Gasteiger charge is 2.14. The molecule has 2 aromatic carbocycles. The standard InChI is InChI=1S/C17H21NO3/c1-12-8-9-16(20-2)13(10-12)15(19)11-18-14-6-4-5-7-17(14)21-3/h4-10,15,18-19H,11H2,1-3H3. The summed E-state index contributed by atoms with van der Waals surface area (Å²) in [6.07, 6.45) is -0.662. The van der Waals surface area contributed by atoms with Crippen molar-refractivity contribution >= 4 is 5.69 Å². The first-order valence-electron chi connectivity index (χ1n) is 6.85. The summed E-state index contributed by atoms with van der Waals surface area (Å²) in [6.45, 7) is 2.36. The normalized spacial score (nSPS) is 11.8. The highest BCUT2D eigenvalue weighted by atomic mass is 16.5. The van der Waals surface area contributed by atoms with Gasteiger partial charge in [0.25, 0.3) is 0 Å². The van der Waals surface area contributed by atoms with Crippen molar-refractivity contribution in [3.63, 3.8) is 0 Å². The maximum Gasteiger partial charge on any atom is 0.141 e. The third-order valence-corrected chi connectivity index (χ3v) is 3.34. The van der Waals surface area contributed by atoms with E-state index in [-0.39, 0.29) is 0 Å². The van der Waals surface area contributed by atoms with Gasteiger partial charge in [-0.2, -0.15) is 0 Å². The van der Waals surface area contributed by atoms with Crippen molar-refractivity contribution in [2.45, 2.75) is 13.0 Å². The molecule has 0 aliphatic carbocycles. The Bertz CT molecular complexity index is 598. The Morgan fingerprint density at radius 1 is 1.05 bits per heavy atom. The van der Waals surface area contributed by atoms with Crippen molar-refractivity contribution in [1.29, 1.82) is 0 Å². The lowest BCUT2D eigenvalue weighted by Crippen LogP contribution is -2.13. The molecule has 0 saturated carbocycles. The molecule has 0 radical (unpaired) electrons. The lowest BCUT2D eigenvalue weighted by molar-refractivity contribution is 0.186. The van der Waals surface area contributed by atoms with Crippen molar-refractivity contribution in [3.05, 3.63) is 53.6 Å². The lowest BCUT2D eigenvalue weighted by Gasteiger charge is -2.18. The van der Waals surface area contributed by atoms with E-state index in [1.807, 2.05) is 49.4 Å². The highest BCUT2D eigenvalue weighted by molar-refractivity contribution is 5.56. The minimum atomic E-state index is -0.662. The number of aliphatic hydroxyl groups is 1. The van der Waals surface area contributed by atoms with Crippen LogP contribution in [0.2, 0.25) is 0 Å². The molecule has 2 rings (SSSR count). The first kappa shape index (κ1) is 15.2. The fraction of sp³-hybridized carbons (Fsp3) is 0.294. The van der Waals surface area contributed by atoms with E-state index in [1.54, 1.807) is 14.2 Å². The van der Waals surface area contributed by atoms with Crippen molar-refractivity contribution in [2.24, 2.45) is 0 Å². The highest BCUT2D eigenvalue weighted by Crippen LogP contribution is 2.28. The molecule has 21 heavy (non-hydrogen) atoms. The number of aliphatic hydroxyl groups excluding tert-OH is 1. The predicted molar refractivity (Wildman–Crippen MR) is 84.2 cm³/mol. The molecule has 0 aliphatic heterocycles. The van der Waals surface area contributed by atoms with E-state index in [2.05, 4.69) is 5.32 Å². The molecule has 0 saturated heterocycles. The second kappa shape index (κ2) is 6.99. The van der Waals surface area contributed by atoms with Crippen LogP contribution in [0.25, 0.3) is 0 Å². The van der Waals surface area contributed by atoms with Crippen LogP contribution in [-0.4, -0.2) is 25.9 Å². The summed E-state index contributed by atoms with van der Waals surface area (Å²) in [5, 5.41) is 13.6. The average Bonchev–Trinajstić information content (AvgIpc) is 2.52. The van der Waals surface area contributed by atoms with Crippen molar-refractivity contribution in [1.82, 2.24) is 0 Å². The Labute approximate surface area is 125 Å². The molecule has 4 nitrogen and oxygen atoms in total. The van der Waals surface area contributed by atoms with Gasteiger partial charge in [-0.25, -0.2) is 0 Å². The Balaban J connectivity index is 2.11. The molecule has 0 aromatic heterocycles. The summed E-state index contributed by atoms with van der Waals surface area (Å²) in [5.41, 5.74) is 2.72. The quantitative estimate of drug-likeness (QED) is 0.857. The van der Waals surface area contributed by atoms with Crippen molar-refractivity contribution in [3.8, 4) is 11.5 Å². The smallest absolute Gasteiger partial charge is 0.141 e. The molecular formula is C17H21NO3. The number of benzene rings is 2. The summed E-state index contributed by atoms with van der Waals surface area (Å²) in [4.78, 5) is 0. The second-order valence-corrected chi connectivity index (χ2v) is 4.84. The molecule has 1 atom stereocenters. The van der Waals surface area contributed by atoms with E-state index < -0.39 is 6.10 Å². The van der Waals surface area contributed by atoms with Crippen LogP contribution in [0, 0.1) is 6.92 Å². The number of aryl methyl sites for hydroxylation is 1. The third-order valence-electron chi connectivity index (χ3n) is 3.34. The summed E-state index contributed by atoms with van der Waals surface area (Å²) < 4.78 is 10.6. The van der Waals surface area contributed by atoms with Gasteiger partial charge in [-0.15, -0.1) is 0 Å². The van der Waals surface area contributed by atoms with E-state index in [4.69, 9.17) is 9.47 Å². The van der Waals surface area contributed by atoms with Crippen LogP contribution in [0.1, 0.15) is 17.2 Å². The van der Waals surface area contributed by atoms with Gasteiger partial charge in [-0.3, -0.25) is 0 Å². The Kier molecular flexibility index (Phi) is 5.06. The van der Waals surface area contributed by atoms with Crippen LogP contribution in [0.4, 0.5) is 5.69 Å². The first-order chi connectivity index (χ1) is 10.2. The SMILES string of the molecule is COc1ccccc1NCC(O)c1cc(C)ccc1OC. The monoisotopic (exact) mass is 287 g/mol. The predicted octanol–water partition coefficient (Wildman–Crippen LogP) is 3.16. The van der Waals surface area contributed by atoms with E-state index in [9.17, 15) is 5.11 Å². The number of para-hydroxylation sites is 2. The summed E-state index contributed by atoms with van der Waals surface area (Å²) in [7, 11) is 3.23. The summed E-state index contributed by atoms with van der Waals surface area (Å²) in [5.74, 6) is 1.44. The van der Waals surface area contributed by atoms with Crippen molar-refractivity contribution < 1.29 is 14.6 Å². The maximum atomic E-state index is 10.4. The number of anilines is 1. The zero-order chi connectivity index (χ0) is 15.2. The van der Waals surface area contributed by atoms with Crippen LogP contribution >= 0.6 is 0 Å². The van der Waals surface area contributed by atoms with Gasteiger partial charge in [0.05, 0.1) is 26.0 Å². The molecule has 2 aromatic rings. The number of ether oxygens (including phenoxy) is 2. The molecular weight excluding hydrogens is 266 g/mol. The number of hydrogen-bond acceptors (Lipinski definition) is 4. The lowest BCUT2D eigenvalue weighted by atomic mass is 10.0. The molecule has 4 heteroatoms. The third kappa shape index (κ3) is 3.67. The fourth-order valence-corrected chi connectivity index (χ4v) is 2.22. The zero-order valence-electron chi connectivity index (χ0n) is 12.6. The second-order valence-electron chi connectivity index (χ2n) is 4.84. The van der Waals surface area contributed by atoms with Crippen molar-refractivity contribution in [2.75, 3.05) is 26.1 Å². The molecule has 0 fully saturated rings. The van der Waals surface area contributed by atoms with Gasteiger partial charge in [0.1, 0.15) is 11.5 Å². The van der Waals surface area contributed by atoms with Gasteiger partial charge >= 0.3 is 0 Å². The molecule has 2 N–H and O–H groups in total. The number of hydrogen-bond donors (Lipinski definition) is 2. The minimum Gasteiger partial charge on any atom is -0.496 e. The molecule has 0 heterocycles. The Hall–Kier alpha value is -2.20. The maximum absolute atomic E-state index is 10.4. The number of rotatable bonds is 6. The van der Waals surface area contributed by atoms with Gasteiger partial charge in [0.15, 0.2) is 0 Å². The number of nitrogens with one attached hydrogen (secondary N) is 1. The molecule has 0 amide bonds. The average molecular weight is 287 g/mol. The topological polar surface area (TPSA) is 50.7 Å². The minimum absolute atomic E-state index is 0.375. The molecule has 1 unspecified atom stereocenters. The van der Waals surface area contributed by atoms with Gasteiger partial charge in [-0.1, -0.05) is 23.8 Å². The summed E-state index contributed by atoms with van der Waals surface area (Å²) in [6, 6.07) is 13.4. The molecule has 0 spiro atoms. The van der Waals surface area contributed by atoms with E-state index in [0.717, 1.165) is 22.6 Å². The van der Waals surface area contributed by atoms with Gasteiger partial charge in [-0.05, 0) is 31.2 Å². The Morgan fingerprint density at radius 3 is 2.48 bits per heavy atom. The molecule has 0 aliphatic rings. The number of methoxy groups -OCH3 is 2. The fourth-order valence-electron chi connectivity index (χ4n) is 2.22. The van der Waals surface area contributed by atoms with Crippen LogP contribution in [-0.2, 0) is 0 Å². The van der Waals surface area contributed by atoms with Crippen LogP contribution in [0.5, 0.6) is 11.5 Å². The van der Waals surface area contributed by atoms with Gasteiger partial charge < -0.3 is 19.9 Å².